The molecule has 0 spiro atoms. The van der Waals surface area contributed by atoms with Crippen molar-refractivity contribution in [2.45, 2.75) is 11.8 Å². The highest BCUT2D eigenvalue weighted by molar-refractivity contribution is 8.00. The molecule has 7 heteroatoms. The maximum Gasteiger partial charge on any atom is 0.357 e. The van der Waals surface area contributed by atoms with E-state index in [-0.39, 0.29) is 23.5 Å². The molecule has 0 radical (unpaired) electrons. The molecule has 0 N–H and O–H groups in total. The van der Waals surface area contributed by atoms with Crippen LogP contribution in [0.15, 0.2) is 11.8 Å². The standard InChI is InChI=1S/C9H9NO5S/c11-4-14-5-15-9(13)6-1-2-16-8-3-7(12)10(6)8/h1,4,8H,2-3,5H2. The average Bonchev–Trinajstić information content (AvgIpc) is 2.27. The fraction of sp³-hybridized carbons (Fsp3) is 0.444. The molecule has 86 valence electrons. The lowest BCUT2D eigenvalue weighted by Crippen LogP contribution is -2.53. The normalized spacial score (nSPS) is 22.8. The molecule has 1 atom stereocenters. The summed E-state index contributed by atoms with van der Waals surface area (Å²) in [6, 6.07) is 0. The minimum atomic E-state index is -0.639. The van der Waals surface area contributed by atoms with E-state index in [0.717, 1.165) is 0 Å². The number of fused-ring (bicyclic) bond motifs is 1. The Kier molecular flexibility index (Phi) is 3.14. The van der Waals surface area contributed by atoms with Gasteiger partial charge < -0.3 is 9.47 Å². The summed E-state index contributed by atoms with van der Waals surface area (Å²) in [7, 11) is 0. The van der Waals surface area contributed by atoms with Crippen LogP contribution >= 0.6 is 11.8 Å². The van der Waals surface area contributed by atoms with Gasteiger partial charge in [0, 0.05) is 5.75 Å². The lowest BCUT2D eigenvalue weighted by molar-refractivity contribution is -0.161. The van der Waals surface area contributed by atoms with Crippen molar-refractivity contribution in [3.63, 3.8) is 0 Å². The molecule has 0 aromatic rings. The van der Waals surface area contributed by atoms with Crippen molar-refractivity contribution in [2.75, 3.05) is 12.5 Å². The Morgan fingerprint density at radius 1 is 1.69 bits per heavy atom. The van der Waals surface area contributed by atoms with Gasteiger partial charge in [-0.15, -0.1) is 11.8 Å². The predicted molar refractivity (Wildman–Crippen MR) is 53.9 cm³/mol. The molecule has 2 aliphatic heterocycles. The zero-order valence-corrected chi connectivity index (χ0v) is 9.07. The van der Waals surface area contributed by atoms with Crippen LogP contribution < -0.4 is 0 Å². The van der Waals surface area contributed by atoms with E-state index in [4.69, 9.17) is 0 Å². The average molecular weight is 243 g/mol. The summed E-state index contributed by atoms with van der Waals surface area (Å²) < 4.78 is 8.90. The molecule has 2 heterocycles. The first kappa shape index (κ1) is 11.0. The Morgan fingerprint density at radius 2 is 2.50 bits per heavy atom. The summed E-state index contributed by atoms with van der Waals surface area (Å²) in [5.41, 5.74) is 0.245. The number of esters is 1. The second-order valence-corrected chi connectivity index (χ2v) is 4.37. The Morgan fingerprint density at radius 3 is 3.19 bits per heavy atom. The van der Waals surface area contributed by atoms with Crippen molar-refractivity contribution in [1.82, 2.24) is 4.90 Å². The highest BCUT2D eigenvalue weighted by Gasteiger charge is 2.43. The second-order valence-electron chi connectivity index (χ2n) is 3.16. The van der Waals surface area contributed by atoms with Gasteiger partial charge in [0.1, 0.15) is 5.70 Å². The molecule has 1 unspecified atom stereocenters. The van der Waals surface area contributed by atoms with Gasteiger partial charge in [-0.2, -0.15) is 0 Å². The Balaban J connectivity index is 1.97. The lowest BCUT2D eigenvalue weighted by atomic mass is 10.1. The first-order valence-corrected chi connectivity index (χ1v) is 5.65. The van der Waals surface area contributed by atoms with Crippen LogP contribution in [0.4, 0.5) is 0 Å². The zero-order chi connectivity index (χ0) is 11.5. The molecule has 0 aromatic carbocycles. The third-order valence-corrected chi connectivity index (χ3v) is 3.39. The van der Waals surface area contributed by atoms with Gasteiger partial charge in [-0.1, -0.05) is 0 Å². The molecule has 1 amide bonds. The third-order valence-electron chi connectivity index (χ3n) is 2.27. The van der Waals surface area contributed by atoms with E-state index < -0.39 is 12.8 Å². The molecule has 1 fully saturated rings. The molecule has 0 bridgehead atoms. The van der Waals surface area contributed by atoms with Crippen LogP contribution in [-0.4, -0.2) is 41.2 Å². The summed E-state index contributed by atoms with van der Waals surface area (Å²) in [4.78, 5) is 34.1. The van der Waals surface area contributed by atoms with E-state index >= 15 is 0 Å². The maximum absolute atomic E-state index is 11.5. The number of thioether (sulfide) groups is 1. The van der Waals surface area contributed by atoms with Gasteiger partial charge in [-0.25, -0.2) is 4.79 Å². The van der Waals surface area contributed by atoms with Crippen molar-refractivity contribution in [3.8, 4) is 0 Å². The topological polar surface area (TPSA) is 72.9 Å². The van der Waals surface area contributed by atoms with Crippen LogP contribution in [0, 0.1) is 0 Å². The van der Waals surface area contributed by atoms with Gasteiger partial charge in [0.15, 0.2) is 0 Å². The summed E-state index contributed by atoms with van der Waals surface area (Å²) >= 11 is 1.60. The van der Waals surface area contributed by atoms with Crippen LogP contribution in [0.5, 0.6) is 0 Å². The van der Waals surface area contributed by atoms with Crippen molar-refractivity contribution >= 4 is 30.1 Å². The van der Waals surface area contributed by atoms with Gasteiger partial charge in [-0.3, -0.25) is 14.5 Å². The smallest absolute Gasteiger partial charge is 0.357 e. The fourth-order valence-electron chi connectivity index (χ4n) is 1.52. The Hall–Kier alpha value is -1.50. The number of carbonyl (C=O) groups excluding carboxylic acids is 3. The van der Waals surface area contributed by atoms with Crippen molar-refractivity contribution in [3.05, 3.63) is 11.8 Å². The van der Waals surface area contributed by atoms with E-state index in [1.807, 2.05) is 0 Å². The molecular formula is C9H9NO5S. The lowest BCUT2D eigenvalue weighted by Gasteiger charge is -2.42. The van der Waals surface area contributed by atoms with Crippen LogP contribution in [-0.2, 0) is 23.9 Å². The van der Waals surface area contributed by atoms with E-state index in [2.05, 4.69) is 9.47 Å². The number of ether oxygens (including phenoxy) is 2. The molecule has 6 nitrogen and oxygen atoms in total. The monoisotopic (exact) mass is 243 g/mol. The molecule has 2 rings (SSSR count). The van der Waals surface area contributed by atoms with Crippen molar-refractivity contribution in [2.24, 2.45) is 0 Å². The number of nitrogens with zero attached hydrogens (tertiary/aromatic N) is 1. The van der Waals surface area contributed by atoms with Crippen LogP contribution in [0.3, 0.4) is 0 Å². The fourth-order valence-corrected chi connectivity index (χ4v) is 2.63. The van der Waals surface area contributed by atoms with Crippen molar-refractivity contribution < 1.29 is 23.9 Å². The van der Waals surface area contributed by atoms with Crippen LogP contribution in [0.2, 0.25) is 0 Å². The number of amides is 1. The van der Waals surface area contributed by atoms with Gasteiger partial charge in [-0.05, 0) is 6.08 Å². The molecule has 2 aliphatic rings. The minimum Gasteiger partial charge on any atom is -0.430 e. The number of hydrogen-bond donors (Lipinski definition) is 0. The van der Waals surface area contributed by atoms with E-state index in [0.29, 0.717) is 12.2 Å². The number of carbonyl (C=O) groups is 3. The predicted octanol–water partition coefficient (Wildman–Crippen LogP) is -0.151. The largest absolute Gasteiger partial charge is 0.430 e. The van der Waals surface area contributed by atoms with E-state index in [1.54, 1.807) is 17.8 Å². The molecule has 1 saturated heterocycles. The molecule has 16 heavy (non-hydrogen) atoms. The van der Waals surface area contributed by atoms with Crippen molar-refractivity contribution in [1.29, 1.82) is 0 Å². The first-order valence-electron chi connectivity index (χ1n) is 4.60. The summed E-state index contributed by atoms with van der Waals surface area (Å²) in [5, 5.41) is 0.0482. The number of β-lactam (4-membered cyclic amide) rings is 1. The SMILES string of the molecule is O=COCOC(=O)C1=CCSC2CC(=O)N12. The minimum absolute atomic E-state index is 0.0482. The Bertz CT molecular complexity index is 367. The first-order chi connectivity index (χ1) is 7.74. The third kappa shape index (κ3) is 1.90. The molecular weight excluding hydrogens is 234 g/mol. The van der Waals surface area contributed by atoms with Gasteiger partial charge >= 0.3 is 5.97 Å². The van der Waals surface area contributed by atoms with E-state index in [1.165, 1.54) is 4.90 Å². The highest BCUT2D eigenvalue weighted by Crippen LogP contribution is 2.37. The molecule has 0 aliphatic carbocycles. The van der Waals surface area contributed by atoms with Crippen LogP contribution in [0.25, 0.3) is 0 Å². The van der Waals surface area contributed by atoms with Gasteiger partial charge in [0.25, 0.3) is 6.47 Å². The number of rotatable bonds is 4. The van der Waals surface area contributed by atoms with E-state index in [9.17, 15) is 14.4 Å². The quantitative estimate of drug-likeness (QED) is 0.225. The van der Waals surface area contributed by atoms with Gasteiger partial charge in [0.2, 0.25) is 12.7 Å². The zero-order valence-electron chi connectivity index (χ0n) is 8.25. The van der Waals surface area contributed by atoms with Crippen LogP contribution in [0.1, 0.15) is 6.42 Å². The highest BCUT2D eigenvalue weighted by atomic mass is 32.2. The summed E-state index contributed by atoms with van der Waals surface area (Å²) in [5.74, 6) is -0.0511. The summed E-state index contributed by atoms with van der Waals surface area (Å²) in [6.45, 7) is -0.241. The summed E-state index contributed by atoms with van der Waals surface area (Å²) in [6.07, 6.45) is 2.10. The Labute approximate surface area is 95.6 Å². The molecule has 0 saturated carbocycles. The second kappa shape index (κ2) is 4.56. The molecule has 0 aromatic heterocycles. The van der Waals surface area contributed by atoms with Gasteiger partial charge in [0.05, 0.1) is 11.8 Å². The number of hydrogen-bond acceptors (Lipinski definition) is 6. The maximum atomic E-state index is 11.5.